The highest BCUT2D eigenvalue weighted by Crippen LogP contribution is 2.24. The van der Waals surface area contributed by atoms with E-state index in [0.29, 0.717) is 0 Å². The largest absolute Gasteiger partial charge is 0.504 e. The second-order valence-electron chi connectivity index (χ2n) is 3.97. The van der Waals surface area contributed by atoms with E-state index in [2.05, 4.69) is 18.2 Å². The molecule has 1 aliphatic carbocycles. The lowest BCUT2D eigenvalue weighted by molar-refractivity contribution is 0.126. The van der Waals surface area contributed by atoms with Gasteiger partial charge < -0.3 is 13.3 Å². The highest BCUT2D eigenvalue weighted by molar-refractivity contribution is 6.61. The third-order valence-electron chi connectivity index (χ3n) is 2.96. The number of hydrogen-bond donors (Lipinski definition) is 0. The van der Waals surface area contributed by atoms with E-state index >= 15 is 0 Å². The van der Waals surface area contributed by atoms with Gasteiger partial charge in [0.05, 0.1) is 0 Å². The van der Waals surface area contributed by atoms with Crippen molar-refractivity contribution in [3.63, 3.8) is 0 Å². The molecule has 1 rings (SSSR count). The third-order valence-corrected chi connectivity index (χ3v) is 5.72. The van der Waals surface area contributed by atoms with E-state index in [1.54, 1.807) is 21.3 Å². The summed E-state index contributed by atoms with van der Waals surface area (Å²) in [5.74, 6) is 0. The van der Waals surface area contributed by atoms with E-state index in [0.717, 1.165) is 12.5 Å². The van der Waals surface area contributed by atoms with Gasteiger partial charge in [-0.1, -0.05) is 23.8 Å². The van der Waals surface area contributed by atoms with E-state index in [-0.39, 0.29) is 0 Å². The zero-order valence-corrected chi connectivity index (χ0v) is 11.5. The normalized spacial score (nSPS) is 17.8. The minimum absolute atomic E-state index is 0.792. The van der Waals surface area contributed by atoms with Crippen molar-refractivity contribution in [2.75, 3.05) is 21.3 Å². The maximum Gasteiger partial charge on any atom is 0.504 e. The Balaban J connectivity index is 2.68. The SMILES string of the molecule is CO[Si](CC1=CC=CCCCC1)(OC)OC. The van der Waals surface area contributed by atoms with Gasteiger partial charge >= 0.3 is 8.80 Å². The maximum atomic E-state index is 5.44. The molecule has 4 heteroatoms. The van der Waals surface area contributed by atoms with Crippen molar-refractivity contribution in [2.45, 2.75) is 31.7 Å². The molecule has 16 heavy (non-hydrogen) atoms. The Labute approximate surface area is 99.5 Å². The maximum absolute atomic E-state index is 5.44. The molecule has 0 saturated heterocycles. The van der Waals surface area contributed by atoms with E-state index in [1.165, 1.54) is 24.8 Å². The Morgan fingerprint density at radius 2 is 1.81 bits per heavy atom. The molecule has 0 atom stereocenters. The van der Waals surface area contributed by atoms with E-state index in [9.17, 15) is 0 Å². The summed E-state index contributed by atoms with van der Waals surface area (Å²) in [7, 11) is 2.55. The minimum Gasteiger partial charge on any atom is -0.377 e. The number of allylic oxidation sites excluding steroid dienone is 4. The molecule has 0 aromatic carbocycles. The Morgan fingerprint density at radius 3 is 2.44 bits per heavy atom. The molecule has 0 saturated carbocycles. The molecule has 0 spiro atoms. The minimum atomic E-state index is -2.45. The van der Waals surface area contributed by atoms with Crippen LogP contribution in [0.1, 0.15) is 25.7 Å². The van der Waals surface area contributed by atoms with Gasteiger partial charge in [-0.15, -0.1) is 0 Å². The first kappa shape index (κ1) is 13.6. The summed E-state index contributed by atoms with van der Waals surface area (Å²) < 4.78 is 16.3. The Bertz CT molecular complexity index is 249. The van der Waals surface area contributed by atoms with Crippen LogP contribution in [0.5, 0.6) is 0 Å². The first-order valence-corrected chi connectivity index (χ1v) is 7.69. The van der Waals surface area contributed by atoms with Crippen LogP contribution in [0, 0.1) is 0 Å². The highest BCUT2D eigenvalue weighted by Gasteiger charge is 2.38. The standard InChI is InChI=1S/C12H22O3Si/c1-13-16(14-2,15-3)11-12-9-7-5-4-6-8-10-12/h5,7,9H,4,6,8,10-11H2,1-3H3. The summed E-state index contributed by atoms with van der Waals surface area (Å²) in [5, 5.41) is 0. The van der Waals surface area contributed by atoms with Gasteiger partial charge in [-0.25, -0.2) is 0 Å². The molecule has 0 unspecified atom stereocenters. The van der Waals surface area contributed by atoms with Gasteiger partial charge in [0.2, 0.25) is 0 Å². The van der Waals surface area contributed by atoms with E-state index in [1.807, 2.05) is 0 Å². The third kappa shape index (κ3) is 3.86. The second-order valence-corrected chi connectivity index (χ2v) is 6.92. The summed E-state index contributed by atoms with van der Waals surface area (Å²) >= 11 is 0. The summed E-state index contributed by atoms with van der Waals surface area (Å²) in [4.78, 5) is 0. The lowest BCUT2D eigenvalue weighted by atomic mass is 10.1. The van der Waals surface area contributed by atoms with Crippen LogP contribution in [-0.4, -0.2) is 30.1 Å². The fourth-order valence-electron chi connectivity index (χ4n) is 1.89. The molecule has 0 fully saturated rings. The molecule has 3 nitrogen and oxygen atoms in total. The van der Waals surface area contributed by atoms with Crippen LogP contribution in [0.2, 0.25) is 6.04 Å². The van der Waals surface area contributed by atoms with Gasteiger partial charge in [-0.2, -0.15) is 0 Å². The first-order valence-electron chi connectivity index (χ1n) is 5.76. The second kappa shape index (κ2) is 7.01. The highest BCUT2D eigenvalue weighted by atomic mass is 28.4. The van der Waals surface area contributed by atoms with Crippen LogP contribution in [0.4, 0.5) is 0 Å². The van der Waals surface area contributed by atoms with Gasteiger partial charge in [0.25, 0.3) is 0 Å². The van der Waals surface area contributed by atoms with Crippen LogP contribution >= 0.6 is 0 Å². The molecular formula is C12H22O3Si. The predicted octanol–water partition coefficient (Wildman–Crippen LogP) is 2.92. The molecule has 0 aromatic rings. The molecular weight excluding hydrogens is 220 g/mol. The van der Waals surface area contributed by atoms with Crippen LogP contribution in [0.25, 0.3) is 0 Å². The number of rotatable bonds is 5. The Hall–Kier alpha value is -0.423. The predicted molar refractivity (Wildman–Crippen MR) is 67.3 cm³/mol. The molecule has 0 heterocycles. The van der Waals surface area contributed by atoms with Crippen LogP contribution in [-0.2, 0) is 13.3 Å². The Kier molecular flexibility index (Phi) is 5.98. The summed E-state index contributed by atoms with van der Waals surface area (Å²) in [6.07, 6.45) is 11.3. The molecule has 1 aliphatic rings. The quantitative estimate of drug-likeness (QED) is 0.694. The summed E-state index contributed by atoms with van der Waals surface area (Å²) in [6.45, 7) is 0. The van der Waals surface area contributed by atoms with E-state index < -0.39 is 8.80 Å². The fourth-order valence-corrected chi connectivity index (χ4v) is 3.67. The lowest BCUT2D eigenvalue weighted by Gasteiger charge is -2.25. The van der Waals surface area contributed by atoms with Crippen molar-refractivity contribution in [1.82, 2.24) is 0 Å². The molecule has 0 radical (unpaired) electrons. The van der Waals surface area contributed by atoms with Gasteiger partial charge in [0.1, 0.15) is 0 Å². The molecule has 0 aromatic heterocycles. The molecule has 0 amide bonds. The van der Waals surface area contributed by atoms with Crippen molar-refractivity contribution in [3.05, 3.63) is 23.8 Å². The average Bonchev–Trinajstić information content (AvgIpc) is 2.29. The molecule has 0 bridgehead atoms. The summed E-state index contributed by atoms with van der Waals surface area (Å²) in [6, 6.07) is 0.792. The number of hydrogen-bond acceptors (Lipinski definition) is 3. The van der Waals surface area contributed by atoms with Gasteiger partial charge in [0.15, 0.2) is 0 Å². The zero-order chi connectivity index (χ0) is 11.9. The van der Waals surface area contributed by atoms with Crippen LogP contribution in [0.3, 0.4) is 0 Å². The molecule has 0 aliphatic heterocycles. The molecule has 0 N–H and O–H groups in total. The smallest absolute Gasteiger partial charge is 0.377 e. The topological polar surface area (TPSA) is 27.7 Å². The first-order chi connectivity index (χ1) is 7.76. The Morgan fingerprint density at radius 1 is 1.12 bits per heavy atom. The van der Waals surface area contributed by atoms with Crippen molar-refractivity contribution >= 4 is 8.80 Å². The summed E-state index contributed by atoms with van der Waals surface area (Å²) in [5.41, 5.74) is 1.37. The van der Waals surface area contributed by atoms with Crippen molar-refractivity contribution in [3.8, 4) is 0 Å². The van der Waals surface area contributed by atoms with E-state index in [4.69, 9.17) is 13.3 Å². The van der Waals surface area contributed by atoms with Gasteiger partial charge in [0, 0.05) is 27.4 Å². The average molecular weight is 242 g/mol. The molecule has 92 valence electrons. The monoisotopic (exact) mass is 242 g/mol. The van der Waals surface area contributed by atoms with Crippen LogP contribution < -0.4 is 0 Å². The van der Waals surface area contributed by atoms with Crippen molar-refractivity contribution < 1.29 is 13.3 Å². The van der Waals surface area contributed by atoms with Gasteiger partial charge in [-0.3, -0.25) is 0 Å². The van der Waals surface area contributed by atoms with Crippen LogP contribution in [0.15, 0.2) is 23.8 Å². The van der Waals surface area contributed by atoms with Crippen molar-refractivity contribution in [1.29, 1.82) is 0 Å². The van der Waals surface area contributed by atoms with Crippen molar-refractivity contribution in [2.24, 2.45) is 0 Å². The lowest BCUT2D eigenvalue weighted by Crippen LogP contribution is -2.43. The fraction of sp³-hybridized carbons (Fsp3) is 0.667. The zero-order valence-electron chi connectivity index (χ0n) is 10.5. The van der Waals surface area contributed by atoms with Gasteiger partial charge in [-0.05, 0) is 25.7 Å².